The minimum Gasteiger partial charge on any atom is -0.352 e. The van der Waals surface area contributed by atoms with Gasteiger partial charge in [0.2, 0.25) is 11.8 Å². The number of ketones is 1. The van der Waals surface area contributed by atoms with E-state index in [0.29, 0.717) is 12.8 Å². The highest BCUT2D eigenvalue weighted by Gasteiger charge is 2.28. The van der Waals surface area contributed by atoms with Gasteiger partial charge in [-0.3, -0.25) is 28.9 Å². The molecule has 1 rings (SSSR count). The van der Waals surface area contributed by atoms with Gasteiger partial charge in [-0.05, 0) is 25.7 Å². The fourth-order valence-corrected chi connectivity index (χ4v) is 2.80. The molecular weight excluding hydrogens is 394 g/mol. The molecule has 0 aromatic heterocycles. The van der Waals surface area contributed by atoms with Crippen LogP contribution in [0.3, 0.4) is 0 Å². The van der Waals surface area contributed by atoms with Crippen molar-refractivity contribution < 1.29 is 28.8 Å². The van der Waals surface area contributed by atoms with E-state index in [1.807, 2.05) is 0 Å². The molecule has 5 N–H and O–H groups in total. The van der Waals surface area contributed by atoms with Crippen LogP contribution in [0, 0.1) is 5.92 Å². The zero-order chi connectivity index (χ0) is 22.8. The topological polar surface area (TPSA) is 168 Å². The molecule has 11 nitrogen and oxygen atoms in total. The van der Waals surface area contributed by atoms with Crippen LogP contribution in [0.5, 0.6) is 0 Å². The minimum atomic E-state index is -0.897. The van der Waals surface area contributed by atoms with Gasteiger partial charge in [0, 0.05) is 31.7 Å². The van der Waals surface area contributed by atoms with Crippen molar-refractivity contribution in [1.82, 2.24) is 20.9 Å². The third kappa shape index (κ3) is 8.02. The summed E-state index contributed by atoms with van der Waals surface area (Å²) in [7, 11) is 0. The Kier molecular flexibility index (Phi) is 9.66. The number of imide groups is 1. The molecular formula is C19H29N5O6. The SMILES string of the molecule is CC(=O)[C@H](CCCNC(N)=O)NC(=O)[C@@H](NC(=O)CCN1C(=O)C=CC1=O)C(C)C. The molecule has 1 aliphatic heterocycles. The first-order valence-electron chi connectivity index (χ1n) is 9.70. The third-order valence-corrected chi connectivity index (χ3v) is 4.50. The summed E-state index contributed by atoms with van der Waals surface area (Å²) in [5.74, 6) is -2.51. The van der Waals surface area contributed by atoms with Gasteiger partial charge in [-0.25, -0.2) is 4.79 Å². The fourth-order valence-electron chi connectivity index (χ4n) is 2.80. The Labute approximate surface area is 174 Å². The van der Waals surface area contributed by atoms with E-state index in [0.717, 1.165) is 17.1 Å². The summed E-state index contributed by atoms with van der Waals surface area (Å²) in [6.45, 7) is 4.99. The molecule has 30 heavy (non-hydrogen) atoms. The van der Waals surface area contributed by atoms with E-state index in [1.54, 1.807) is 13.8 Å². The summed E-state index contributed by atoms with van der Waals surface area (Å²) in [5, 5.41) is 7.62. The molecule has 0 aromatic rings. The highest BCUT2D eigenvalue weighted by Crippen LogP contribution is 2.07. The van der Waals surface area contributed by atoms with Crippen molar-refractivity contribution in [3.8, 4) is 0 Å². The quantitative estimate of drug-likeness (QED) is 0.231. The van der Waals surface area contributed by atoms with E-state index in [2.05, 4.69) is 16.0 Å². The second kappa shape index (κ2) is 11.7. The van der Waals surface area contributed by atoms with Gasteiger partial charge < -0.3 is 21.7 Å². The van der Waals surface area contributed by atoms with Crippen LogP contribution in [0.4, 0.5) is 4.79 Å². The maximum atomic E-state index is 12.6. The second-order valence-corrected chi connectivity index (χ2v) is 7.31. The largest absolute Gasteiger partial charge is 0.352 e. The van der Waals surface area contributed by atoms with Crippen molar-refractivity contribution >= 4 is 35.4 Å². The van der Waals surface area contributed by atoms with Crippen molar-refractivity contribution in [2.75, 3.05) is 13.1 Å². The molecule has 11 heteroatoms. The molecule has 0 saturated heterocycles. The van der Waals surface area contributed by atoms with Crippen molar-refractivity contribution in [2.45, 2.75) is 52.1 Å². The number of nitrogens with one attached hydrogen (secondary N) is 3. The Morgan fingerprint density at radius 2 is 1.67 bits per heavy atom. The van der Waals surface area contributed by atoms with Crippen molar-refractivity contribution in [2.24, 2.45) is 11.7 Å². The van der Waals surface area contributed by atoms with Crippen LogP contribution in [-0.2, 0) is 24.0 Å². The summed E-state index contributed by atoms with van der Waals surface area (Å²) in [6, 6.07) is -2.34. The number of hydrogen-bond acceptors (Lipinski definition) is 6. The molecule has 0 spiro atoms. The summed E-state index contributed by atoms with van der Waals surface area (Å²) in [5.41, 5.74) is 4.98. The zero-order valence-electron chi connectivity index (χ0n) is 17.4. The number of amides is 6. The Bertz CT molecular complexity index is 715. The molecule has 166 valence electrons. The van der Waals surface area contributed by atoms with E-state index in [9.17, 15) is 28.8 Å². The monoisotopic (exact) mass is 423 g/mol. The summed E-state index contributed by atoms with van der Waals surface area (Å²) < 4.78 is 0. The van der Waals surface area contributed by atoms with Crippen LogP contribution in [0.25, 0.3) is 0 Å². The van der Waals surface area contributed by atoms with E-state index >= 15 is 0 Å². The fraction of sp³-hybridized carbons (Fsp3) is 0.579. The number of primary amides is 1. The molecule has 0 radical (unpaired) electrons. The molecule has 0 aliphatic carbocycles. The van der Waals surface area contributed by atoms with Gasteiger partial charge in [0.1, 0.15) is 6.04 Å². The molecule has 0 unspecified atom stereocenters. The molecule has 0 aromatic carbocycles. The number of urea groups is 1. The first-order valence-corrected chi connectivity index (χ1v) is 9.70. The van der Waals surface area contributed by atoms with E-state index in [1.165, 1.54) is 6.92 Å². The zero-order valence-corrected chi connectivity index (χ0v) is 17.4. The standard InChI is InChI=1S/C19H29N5O6/c1-11(2)17(23-14(26)8-10-24-15(27)6-7-16(24)28)18(29)22-13(12(3)25)5-4-9-21-19(20)30/h6-7,11,13,17H,4-5,8-10H2,1-3H3,(H,22,29)(H,23,26)(H3,20,21,30)/t13-,17-/m0/s1. The normalized spacial score (nSPS) is 15.1. The first kappa shape index (κ1) is 24.8. The Hall–Kier alpha value is -3.24. The van der Waals surface area contributed by atoms with Gasteiger partial charge >= 0.3 is 6.03 Å². The lowest BCUT2D eigenvalue weighted by Gasteiger charge is -2.25. The average molecular weight is 423 g/mol. The maximum Gasteiger partial charge on any atom is 0.312 e. The summed E-state index contributed by atoms with van der Waals surface area (Å²) in [6.07, 6.45) is 2.84. The van der Waals surface area contributed by atoms with Crippen molar-refractivity contribution in [3.05, 3.63) is 12.2 Å². The van der Waals surface area contributed by atoms with Gasteiger partial charge in [0.05, 0.1) is 6.04 Å². The van der Waals surface area contributed by atoms with Crippen LogP contribution in [-0.4, -0.2) is 65.5 Å². The van der Waals surface area contributed by atoms with E-state index in [4.69, 9.17) is 5.73 Å². The van der Waals surface area contributed by atoms with Gasteiger partial charge in [-0.2, -0.15) is 0 Å². The Morgan fingerprint density at radius 3 is 2.17 bits per heavy atom. The number of nitrogens with two attached hydrogens (primary N) is 1. The van der Waals surface area contributed by atoms with Crippen LogP contribution >= 0.6 is 0 Å². The number of carbonyl (C=O) groups excluding carboxylic acids is 6. The van der Waals surface area contributed by atoms with Crippen LogP contribution in [0.2, 0.25) is 0 Å². The average Bonchev–Trinajstić information content (AvgIpc) is 2.97. The molecule has 2 atom stereocenters. The molecule has 0 bridgehead atoms. The molecule has 6 amide bonds. The van der Waals surface area contributed by atoms with Gasteiger partial charge in [-0.15, -0.1) is 0 Å². The van der Waals surface area contributed by atoms with Gasteiger partial charge in [-0.1, -0.05) is 13.8 Å². The number of rotatable bonds is 12. The molecule has 0 saturated carbocycles. The first-order chi connectivity index (χ1) is 14.0. The third-order valence-electron chi connectivity index (χ3n) is 4.50. The number of hydrogen-bond donors (Lipinski definition) is 4. The van der Waals surface area contributed by atoms with Gasteiger partial charge in [0.25, 0.3) is 11.8 Å². The Morgan fingerprint density at radius 1 is 1.07 bits per heavy atom. The number of nitrogens with zero attached hydrogens (tertiary/aromatic N) is 1. The van der Waals surface area contributed by atoms with E-state index in [-0.39, 0.29) is 31.2 Å². The smallest absolute Gasteiger partial charge is 0.312 e. The lowest BCUT2D eigenvalue weighted by atomic mass is 10.0. The maximum absolute atomic E-state index is 12.6. The lowest BCUT2D eigenvalue weighted by molar-refractivity contribution is -0.137. The molecule has 1 aliphatic rings. The van der Waals surface area contributed by atoms with Crippen molar-refractivity contribution in [3.63, 3.8) is 0 Å². The van der Waals surface area contributed by atoms with Crippen LogP contribution in [0.1, 0.15) is 40.0 Å². The molecule has 0 fully saturated rings. The minimum absolute atomic E-state index is 0.0914. The van der Waals surface area contributed by atoms with E-state index < -0.39 is 41.7 Å². The highest BCUT2D eigenvalue weighted by atomic mass is 16.2. The van der Waals surface area contributed by atoms with Gasteiger partial charge in [0.15, 0.2) is 5.78 Å². The Balaban J connectivity index is 2.59. The number of Topliss-reactive ketones (excluding diaryl/α,β-unsaturated/α-hetero) is 1. The predicted molar refractivity (Wildman–Crippen MR) is 107 cm³/mol. The van der Waals surface area contributed by atoms with Crippen LogP contribution < -0.4 is 21.7 Å². The van der Waals surface area contributed by atoms with Crippen LogP contribution in [0.15, 0.2) is 12.2 Å². The lowest BCUT2D eigenvalue weighted by Crippen LogP contribution is -2.53. The summed E-state index contributed by atoms with van der Waals surface area (Å²) >= 11 is 0. The highest BCUT2D eigenvalue weighted by molar-refractivity contribution is 6.13. The predicted octanol–water partition coefficient (Wildman–Crippen LogP) is -1.04. The number of carbonyl (C=O) groups is 6. The van der Waals surface area contributed by atoms with Crippen molar-refractivity contribution in [1.29, 1.82) is 0 Å². The molecule has 1 heterocycles. The summed E-state index contributed by atoms with van der Waals surface area (Å²) in [4.78, 5) is 71.4. The second-order valence-electron chi connectivity index (χ2n) is 7.31.